The average Bonchev–Trinajstić information content (AvgIpc) is 3.13. The van der Waals surface area contributed by atoms with E-state index in [-0.39, 0.29) is 18.3 Å². The Hall–Kier alpha value is -2.47. The van der Waals surface area contributed by atoms with Gasteiger partial charge in [0, 0.05) is 11.8 Å². The van der Waals surface area contributed by atoms with Crippen molar-refractivity contribution in [2.24, 2.45) is 5.41 Å². The van der Waals surface area contributed by atoms with Crippen molar-refractivity contribution in [2.45, 2.75) is 33.2 Å². The third-order valence-electron chi connectivity index (χ3n) is 3.80. The normalized spacial score (nSPS) is 12.3. The number of thiophene rings is 1. The predicted octanol–water partition coefficient (Wildman–Crippen LogP) is 3.25. The van der Waals surface area contributed by atoms with Gasteiger partial charge < -0.3 is 10.1 Å². The third-order valence-corrected chi connectivity index (χ3v) is 4.67. The SMILES string of the molecule is CC(C)(C)C(=O)COC(=O)[C@H](Cc1ccccc1)NC(=O)c1cccs1. The highest BCUT2D eigenvalue weighted by atomic mass is 32.1. The van der Waals surface area contributed by atoms with Crippen LogP contribution in [0.4, 0.5) is 0 Å². The van der Waals surface area contributed by atoms with Gasteiger partial charge in [0.1, 0.15) is 6.04 Å². The average molecular weight is 373 g/mol. The predicted molar refractivity (Wildman–Crippen MR) is 101 cm³/mol. The van der Waals surface area contributed by atoms with E-state index < -0.39 is 17.4 Å². The van der Waals surface area contributed by atoms with Gasteiger partial charge in [0.2, 0.25) is 0 Å². The molecule has 5 nitrogen and oxygen atoms in total. The summed E-state index contributed by atoms with van der Waals surface area (Å²) in [4.78, 5) is 37.3. The van der Waals surface area contributed by atoms with Crippen molar-refractivity contribution in [1.82, 2.24) is 5.32 Å². The number of Topliss-reactive ketones (excluding diaryl/α,β-unsaturated/α-hetero) is 1. The number of nitrogens with one attached hydrogen (secondary N) is 1. The molecule has 0 radical (unpaired) electrons. The smallest absolute Gasteiger partial charge is 0.329 e. The number of carbonyl (C=O) groups is 3. The van der Waals surface area contributed by atoms with Gasteiger partial charge in [-0.05, 0) is 17.0 Å². The van der Waals surface area contributed by atoms with E-state index in [1.54, 1.807) is 38.3 Å². The minimum atomic E-state index is -0.861. The van der Waals surface area contributed by atoms with Gasteiger partial charge in [0.05, 0.1) is 4.88 Å². The second kappa shape index (κ2) is 8.76. The lowest BCUT2D eigenvalue weighted by molar-refractivity contribution is -0.151. The van der Waals surface area contributed by atoms with Gasteiger partial charge >= 0.3 is 5.97 Å². The molecule has 0 bridgehead atoms. The van der Waals surface area contributed by atoms with Crippen molar-refractivity contribution in [3.05, 3.63) is 58.3 Å². The molecule has 0 unspecified atom stereocenters. The van der Waals surface area contributed by atoms with Crippen molar-refractivity contribution < 1.29 is 19.1 Å². The Morgan fingerprint density at radius 2 is 1.77 bits per heavy atom. The second-order valence-corrected chi connectivity index (χ2v) is 7.92. The van der Waals surface area contributed by atoms with Crippen LogP contribution in [0.25, 0.3) is 0 Å². The number of ketones is 1. The number of ether oxygens (including phenoxy) is 1. The fraction of sp³-hybridized carbons (Fsp3) is 0.350. The van der Waals surface area contributed by atoms with Crippen molar-refractivity contribution >= 4 is 29.0 Å². The molecule has 0 aliphatic heterocycles. The minimum absolute atomic E-state index is 0.172. The molecule has 0 saturated carbocycles. The van der Waals surface area contributed by atoms with Gasteiger partial charge in [0.15, 0.2) is 12.4 Å². The zero-order valence-electron chi connectivity index (χ0n) is 15.2. The van der Waals surface area contributed by atoms with Crippen LogP contribution in [-0.4, -0.2) is 30.3 Å². The highest BCUT2D eigenvalue weighted by Crippen LogP contribution is 2.15. The first kappa shape index (κ1) is 19.8. The lowest BCUT2D eigenvalue weighted by Gasteiger charge is -2.20. The van der Waals surface area contributed by atoms with E-state index in [0.717, 1.165) is 5.56 Å². The molecule has 6 heteroatoms. The molecule has 0 spiro atoms. The molecular weight excluding hydrogens is 350 g/mol. The summed E-state index contributed by atoms with van der Waals surface area (Å²) in [6.07, 6.45) is 0.292. The van der Waals surface area contributed by atoms with Gasteiger partial charge in [-0.15, -0.1) is 11.3 Å². The first-order valence-electron chi connectivity index (χ1n) is 8.35. The molecule has 1 N–H and O–H groups in total. The number of esters is 1. The molecule has 2 rings (SSSR count). The van der Waals surface area contributed by atoms with E-state index in [9.17, 15) is 14.4 Å². The molecule has 2 aromatic rings. The molecule has 1 atom stereocenters. The summed E-state index contributed by atoms with van der Waals surface area (Å²) in [5, 5.41) is 4.51. The Labute approximate surface area is 157 Å². The standard InChI is InChI=1S/C20H23NO4S/c1-20(2,3)17(22)13-25-19(24)15(12-14-8-5-4-6-9-14)21-18(23)16-10-7-11-26-16/h4-11,15H,12-13H2,1-3H3,(H,21,23)/t15-/m0/s1. The van der Waals surface area contributed by atoms with Crippen LogP contribution in [0.3, 0.4) is 0 Å². The van der Waals surface area contributed by atoms with E-state index in [1.165, 1.54) is 11.3 Å². The largest absolute Gasteiger partial charge is 0.456 e. The van der Waals surface area contributed by atoms with Gasteiger partial charge in [-0.25, -0.2) is 4.79 Å². The summed E-state index contributed by atoms with van der Waals surface area (Å²) in [5.74, 6) is -1.12. The van der Waals surface area contributed by atoms with E-state index in [2.05, 4.69) is 5.32 Å². The number of rotatable bonds is 7. The summed E-state index contributed by atoms with van der Waals surface area (Å²) in [7, 11) is 0. The lowest BCUT2D eigenvalue weighted by atomic mass is 9.91. The highest BCUT2D eigenvalue weighted by Gasteiger charge is 2.27. The number of hydrogen-bond donors (Lipinski definition) is 1. The molecule has 0 aliphatic carbocycles. The van der Waals surface area contributed by atoms with Crippen LogP contribution >= 0.6 is 11.3 Å². The summed E-state index contributed by atoms with van der Waals surface area (Å²) in [5.41, 5.74) is 0.304. The van der Waals surface area contributed by atoms with E-state index in [0.29, 0.717) is 11.3 Å². The van der Waals surface area contributed by atoms with Crippen LogP contribution in [0.1, 0.15) is 36.0 Å². The van der Waals surface area contributed by atoms with Crippen LogP contribution < -0.4 is 5.32 Å². The first-order valence-corrected chi connectivity index (χ1v) is 9.23. The third kappa shape index (κ3) is 5.81. The summed E-state index contributed by atoms with van der Waals surface area (Å²) < 4.78 is 5.18. The zero-order valence-corrected chi connectivity index (χ0v) is 16.0. The molecule has 1 heterocycles. The monoisotopic (exact) mass is 373 g/mol. The lowest BCUT2D eigenvalue weighted by Crippen LogP contribution is -2.44. The Kier molecular flexibility index (Phi) is 6.69. The maximum Gasteiger partial charge on any atom is 0.329 e. The number of benzene rings is 1. The fourth-order valence-electron chi connectivity index (χ4n) is 2.13. The van der Waals surface area contributed by atoms with Crippen molar-refractivity contribution in [3.63, 3.8) is 0 Å². The molecule has 1 amide bonds. The number of hydrogen-bond acceptors (Lipinski definition) is 5. The van der Waals surface area contributed by atoms with Crippen LogP contribution in [0.5, 0.6) is 0 Å². The van der Waals surface area contributed by atoms with E-state index in [1.807, 2.05) is 30.3 Å². The molecule has 0 aliphatic rings. The Balaban J connectivity index is 2.07. The minimum Gasteiger partial charge on any atom is -0.456 e. The van der Waals surface area contributed by atoms with Crippen molar-refractivity contribution in [1.29, 1.82) is 0 Å². The van der Waals surface area contributed by atoms with Crippen molar-refractivity contribution in [3.8, 4) is 0 Å². The van der Waals surface area contributed by atoms with Crippen LogP contribution in [-0.2, 0) is 20.7 Å². The molecular formula is C20H23NO4S. The highest BCUT2D eigenvalue weighted by molar-refractivity contribution is 7.12. The molecule has 0 fully saturated rings. The first-order chi connectivity index (χ1) is 12.3. The maximum absolute atomic E-state index is 12.5. The van der Waals surface area contributed by atoms with Gasteiger partial charge in [-0.1, -0.05) is 57.2 Å². The van der Waals surface area contributed by atoms with Gasteiger partial charge in [0.25, 0.3) is 5.91 Å². The topological polar surface area (TPSA) is 72.5 Å². The molecule has 26 heavy (non-hydrogen) atoms. The van der Waals surface area contributed by atoms with Gasteiger partial charge in [-0.2, -0.15) is 0 Å². The Morgan fingerprint density at radius 3 is 2.35 bits per heavy atom. The van der Waals surface area contributed by atoms with Crippen LogP contribution in [0, 0.1) is 5.41 Å². The Bertz CT molecular complexity index is 748. The summed E-state index contributed by atoms with van der Waals surface area (Å²) >= 11 is 1.29. The Morgan fingerprint density at radius 1 is 1.08 bits per heavy atom. The fourth-order valence-corrected chi connectivity index (χ4v) is 2.76. The second-order valence-electron chi connectivity index (χ2n) is 6.97. The quantitative estimate of drug-likeness (QED) is 0.756. The molecule has 0 saturated heterocycles. The maximum atomic E-state index is 12.5. The van der Waals surface area contributed by atoms with Gasteiger partial charge in [-0.3, -0.25) is 9.59 Å². The number of carbonyl (C=O) groups excluding carboxylic acids is 3. The van der Waals surface area contributed by atoms with E-state index in [4.69, 9.17) is 4.74 Å². The number of amides is 1. The summed E-state index contributed by atoms with van der Waals surface area (Å²) in [6, 6.07) is 11.9. The zero-order chi connectivity index (χ0) is 19.2. The van der Waals surface area contributed by atoms with Crippen LogP contribution in [0.2, 0.25) is 0 Å². The van der Waals surface area contributed by atoms with Crippen LogP contribution in [0.15, 0.2) is 47.8 Å². The molecule has 1 aromatic carbocycles. The molecule has 1 aromatic heterocycles. The van der Waals surface area contributed by atoms with Crippen molar-refractivity contribution in [2.75, 3.05) is 6.61 Å². The van der Waals surface area contributed by atoms with E-state index >= 15 is 0 Å². The molecule has 138 valence electrons. The summed E-state index contributed by atoms with van der Waals surface area (Å²) in [6.45, 7) is 5.00.